The summed E-state index contributed by atoms with van der Waals surface area (Å²) in [6, 6.07) is 8.39. The van der Waals surface area contributed by atoms with E-state index in [4.69, 9.17) is 16.3 Å². The van der Waals surface area contributed by atoms with Crippen LogP contribution in [0.5, 0.6) is 0 Å². The third-order valence-corrected chi connectivity index (χ3v) is 8.63. The number of hydrogen-bond donors (Lipinski definition) is 2. The molecule has 2 N–H and O–H groups in total. The van der Waals surface area contributed by atoms with E-state index in [1.807, 2.05) is 17.7 Å². The van der Waals surface area contributed by atoms with Gasteiger partial charge in [0.1, 0.15) is 0 Å². The van der Waals surface area contributed by atoms with Gasteiger partial charge in [-0.2, -0.15) is 0 Å². The minimum absolute atomic E-state index is 0.0178. The summed E-state index contributed by atoms with van der Waals surface area (Å²) >= 11 is 6.26. The summed E-state index contributed by atoms with van der Waals surface area (Å²) in [6.45, 7) is 4.82. The van der Waals surface area contributed by atoms with Crippen molar-refractivity contribution in [1.29, 1.82) is 0 Å². The number of benzene rings is 2. The lowest BCUT2D eigenvalue weighted by Crippen LogP contribution is -2.57. The number of ether oxygens (including phenoxy) is 1. The Morgan fingerprint density at radius 2 is 1.81 bits per heavy atom. The molecule has 0 saturated carbocycles. The fourth-order valence-corrected chi connectivity index (χ4v) is 5.93. The van der Waals surface area contributed by atoms with Crippen molar-refractivity contribution in [2.24, 2.45) is 0 Å². The molecular weight excluding hydrogens is 588 g/mol. The molecule has 1 atom stereocenters. The van der Waals surface area contributed by atoms with Crippen LogP contribution in [0.15, 0.2) is 47.4 Å². The van der Waals surface area contributed by atoms with E-state index < -0.39 is 51.4 Å². The van der Waals surface area contributed by atoms with E-state index in [9.17, 15) is 32.4 Å². The van der Waals surface area contributed by atoms with Crippen molar-refractivity contribution in [1.82, 2.24) is 9.62 Å². The van der Waals surface area contributed by atoms with Gasteiger partial charge in [-0.1, -0.05) is 49.6 Å². The van der Waals surface area contributed by atoms with Crippen molar-refractivity contribution in [2.45, 2.75) is 69.4 Å². The molecule has 0 aromatic heterocycles. The van der Waals surface area contributed by atoms with Gasteiger partial charge in [-0.05, 0) is 56.5 Å². The highest BCUT2D eigenvalue weighted by atomic mass is 35.5. The molecule has 12 nitrogen and oxygen atoms in total. The Hall–Kier alpha value is -3.97. The van der Waals surface area contributed by atoms with Crippen LogP contribution in [0.3, 0.4) is 0 Å². The number of hydrogen-bond acceptors (Lipinski definition) is 8. The molecule has 2 aromatic carbocycles. The number of anilines is 2. The fraction of sp³-hybridized carbons (Fsp3) is 0.393. The Labute approximate surface area is 248 Å². The maximum absolute atomic E-state index is 13.9. The van der Waals surface area contributed by atoms with Crippen LogP contribution in [0, 0.1) is 0 Å². The summed E-state index contributed by atoms with van der Waals surface area (Å²) in [5, 5.41) is 2.30. The average molecular weight is 619 g/mol. The quantitative estimate of drug-likeness (QED) is 0.303. The van der Waals surface area contributed by atoms with Gasteiger partial charge in [-0.25, -0.2) is 22.8 Å². The lowest BCUT2D eigenvalue weighted by Gasteiger charge is -2.28. The first-order valence-corrected chi connectivity index (χ1v) is 15.2. The molecule has 0 spiro atoms. The highest BCUT2D eigenvalue weighted by Crippen LogP contribution is 2.32. The van der Waals surface area contributed by atoms with E-state index >= 15 is 0 Å². The Morgan fingerprint density at radius 3 is 2.48 bits per heavy atom. The highest BCUT2D eigenvalue weighted by molar-refractivity contribution is 7.90. The van der Waals surface area contributed by atoms with Gasteiger partial charge >= 0.3 is 6.09 Å². The Kier molecular flexibility index (Phi) is 8.92. The van der Waals surface area contributed by atoms with Gasteiger partial charge in [-0.3, -0.25) is 19.2 Å². The van der Waals surface area contributed by atoms with Gasteiger partial charge in [-0.15, -0.1) is 0 Å². The Bertz CT molecular complexity index is 1560. The third kappa shape index (κ3) is 6.26. The summed E-state index contributed by atoms with van der Waals surface area (Å²) in [5.41, 5.74) is -0.472. The SMILES string of the molecule is CCCCCC(=O)NS(=O)(=O)c1ccc(Cl)c(NC(=O)C(C(=O)N2CCc3ccccc32)N2C(=O)OC(C)(C)C2=O)c1. The number of imide groups is 1. The standard InChI is InChI=1S/C28H31ClN4O8S/c1-4-5-6-11-22(34)31-42(39,40)18-12-13-19(29)20(16-18)30-24(35)23(33-26(37)28(2,3)41-27(33)38)25(36)32-15-14-17-9-7-8-10-21(17)32/h7-10,12-13,16,23H,4-6,11,14-15H2,1-3H3,(H,30,35)(H,31,34). The van der Waals surface area contributed by atoms with Crippen molar-refractivity contribution < 1.29 is 37.1 Å². The van der Waals surface area contributed by atoms with Crippen LogP contribution in [-0.4, -0.2) is 61.2 Å². The van der Waals surface area contributed by atoms with Gasteiger partial charge in [0.15, 0.2) is 5.60 Å². The number of para-hydroxylation sites is 1. The number of nitrogens with zero attached hydrogens (tertiary/aromatic N) is 2. The average Bonchev–Trinajstić information content (AvgIpc) is 3.43. The molecule has 1 saturated heterocycles. The van der Waals surface area contributed by atoms with Gasteiger partial charge in [0, 0.05) is 18.7 Å². The number of fused-ring (bicyclic) bond motifs is 1. The van der Waals surface area contributed by atoms with Gasteiger partial charge in [0.25, 0.3) is 27.7 Å². The van der Waals surface area contributed by atoms with Crippen LogP contribution in [0.25, 0.3) is 0 Å². The molecule has 2 aliphatic heterocycles. The normalized spacial score (nSPS) is 16.6. The second kappa shape index (κ2) is 12.1. The van der Waals surface area contributed by atoms with Crippen LogP contribution in [0.4, 0.5) is 16.2 Å². The summed E-state index contributed by atoms with van der Waals surface area (Å²) in [4.78, 5) is 67.1. The molecule has 1 unspecified atom stereocenters. The molecule has 2 aliphatic rings. The second-order valence-electron chi connectivity index (χ2n) is 10.4. The number of nitrogens with one attached hydrogen (secondary N) is 2. The smallest absolute Gasteiger partial charge is 0.418 e. The van der Waals surface area contributed by atoms with Crippen LogP contribution < -0.4 is 14.9 Å². The number of sulfonamides is 1. The monoisotopic (exact) mass is 618 g/mol. The minimum Gasteiger partial charge on any atom is -0.433 e. The summed E-state index contributed by atoms with van der Waals surface area (Å²) in [7, 11) is -4.33. The molecule has 2 heterocycles. The van der Waals surface area contributed by atoms with Crippen molar-refractivity contribution in [3.05, 3.63) is 53.1 Å². The molecule has 1 fully saturated rings. The zero-order chi connectivity index (χ0) is 30.8. The first kappa shape index (κ1) is 31.0. The van der Waals surface area contributed by atoms with Crippen molar-refractivity contribution in [2.75, 3.05) is 16.8 Å². The molecule has 5 amide bonds. The van der Waals surface area contributed by atoms with Gasteiger partial charge in [0.2, 0.25) is 11.9 Å². The first-order chi connectivity index (χ1) is 19.8. The zero-order valence-electron chi connectivity index (χ0n) is 23.3. The fourth-order valence-electron chi connectivity index (χ4n) is 4.73. The lowest BCUT2D eigenvalue weighted by molar-refractivity contribution is -0.143. The van der Waals surface area contributed by atoms with E-state index in [-0.39, 0.29) is 28.6 Å². The number of rotatable bonds is 10. The minimum atomic E-state index is -4.33. The third-order valence-electron chi connectivity index (χ3n) is 6.93. The predicted molar refractivity (Wildman–Crippen MR) is 153 cm³/mol. The number of carbonyl (C=O) groups excluding carboxylic acids is 5. The summed E-state index contributed by atoms with van der Waals surface area (Å²) in [6.07, 6.45) is 1.47. The lowest BCUT2D eigenvalue weighted by atomic mass is 10.1. The van der Waals surface area contributed by atoms with Crippen LogP contribution >= 0.6 is 11.6 Å². The number of amides is 5. The first-order valence-electron chi connectivity index (χ1n) is 13.4. The molecule has 0 aliphatic carbocycles. The van der Waals surface area contributed by atoms with Gasteiger partial charge in [0.05, 0.1) is 15.6 Å². The van der Waals surface area contributed by atoms with Crippen LogP contribution in [-0.2, 0) is 40.4 Å². The zero-order valence-corrected chi connectivity index (χ0v) is 24.9. The highest BCUT2D eigenvalue weighted by Gasteiger charge is 2.55. The summed E-state index contributed by atoms with van der Waals surface area (Å²) < 4.78 is 32.8. The number of halogens is 1. The molecular formula is C28H31ClN4O8S. The van der Waals surface area contributed by atoms with Crippen LogP contribution in [0.2, 0.25) is 5.02 Å². The molecule has 0 radical (unpaired) electrons. The van der Waals surface area contributed by atoms with Crippen LogP contribution in [0.1, 0.15) is 52.0 Å². The Morgan fingerprint density at radius 1 is 1.10 bits per heavy atom. The van der Waals surface area contributed by atoms with Crippen molar-refractivity contribution in [3.63, 3.8) is 0 Å². The Balaban J connectivity index is 1.65. The van der Waals surface area contributed by atoms with Crippen molar-refractivity contribution >= 4 is 62.7 Å². The summed E-state index contributed by atoms with van der Waals surface area (Å²) in [5.74, 6) is -3.57. The van der Waals surface area contributed by atoms with Gasteiger partial charge < -0.3 is 15.0 Å². The topological polar surface area (TPSA) is 159 Å². The molecule has 0 bridgehead atoms. The maximum atomic E-state index is 13.9. The van der Waals surface area contributed by atoms with E-state index in [1.54, 1.807) is 18.2 Å². The number of carbonyl (C=O) groups is 5. The molecule has 4 rings (SSSR count). The van der Waals surface area contributed by atoms with E-state index in [2.05, 4.69) is 5.32 Å². The number of cyclic esters (lactones) is 1. The predicted octanol–water partition coefficient (Wildman–Crippen LogP) is 3.38. The largest absolute Gasteiger partial charge is 0.433 e. The number of unbranched alkanes of at least 4 members (excludes halogenated alkanes) is 2. The maximum Gasteiger partial charge on any atom is 0.418 e. The molecule has 224 valence electrons. The van der Waals surface area contributed by atoms with E-state index in [0.29, 0.717) is 23.4 Å². The molecule has 2 aromatic rings. The van der Waals surface area contributed by atoms with E-state index in [0.717, 1.165) is 30.5 Å². The molecule has 14 heteroatoms. The van der Waals surface area contributed by atoms with E-state index in [1.165, 1.54) is 24.8 Å². The second-order valence-corrected chi connectivity index (χ2v) is 12.5. The molecule has 42 heavy (non-hydrogen) atoms. The van der Waals surface area contributed by atoms with Crippen molar-refractivity contribution in [3.8, 4) is 0 Å².